The van der Waals surface area contributed by atoms with Crippen molar-refractivity contribution in [1.29, 1.82) is 0 Å². The van der Waals surface area contributed by atoms with Crippen molar-refractivity contribution in [3.63, 3.8) is 0 Å². The Morgan fingerprint density at radius 3 is 2.09 bits per heavy atom. The highest BCUT2D eigenvalue weighted by Gasteiger charge is 2.49. The number of hydrogen-bond donors (Lipinski definition) is 3. The van der Waals surface area contributed by atoms with Gasteiger partial charge in [0.2, 0.25) is 0 Å². The Bertz CT molecular complexity index is 1050. The molecule has 0 radical (unpaired) electrons. The Balaban J connectivity index is 1.76. The molecule has 0 bridgehead atoms. The minimum atomic E-state index is -3.96. The van der Waals surface area contributed by atoms with Crippen LogP contribution in [0.3, 0.4) is 0 Å². The fourth-order valence-corrected chi connectivity index (χ4v) is 4.19. The third-order valence-corrected chi connectivity index (χ3v) is 5.65. The van der Waals surface area contributed by atoms with Crippen molar-refractivity contribution in [3.8, 4) is 0 Å². The number of nitrogens with one attached hydrogen (secondary N) is 2. The summed E-state index contributed by atoms with van der Waals surface area (Å²) in [5.74, 6) is -0.914. The van der Waals surface area contributed by atoms with E-state index < -0.39 is 52.6 Å². The summed E-state index contributed by atoms with van der Waals surface area (Å²) in [6.07, 6.45) is -3.94. The SMILES string of the molecule is CO[C@@H]1[C@@H](NC(=O)c2ccccc2)[C@H](O)O[C@@H]1[C@H](CNC(=O)c1ccccc1)OS(C)(=O)=O. The molecule has 2 aromatic carbocycles. The van der Waals surface area contributed by atoms with Gasteiger partial charge in [-0.05, 0) is 24.3 Å². The largest absolute Gasteiger partial charge is 0.376 e. The molecule has 1 fully saturated rings. The van der Waals surface area contributed by atoms with Gasteiger partial charge in [0, 0.05) is 24.8 Å². The summed E-state index contributed by atoms with van der Waals surface area (Å²) in [6.45, 7) is -0.253. The van der Waals surface area contributed by atoms with Crippen LogP contribution < -0.4 is 10.6 Å². The molecule has 0 aliphatic carbocycles. The Hall–Kier alpha value is -2.83. The Labute approximate surface area is 192 Å². The van der Waals surface area contributed by atoms with Gasteiger partial charge in [-0.15, -0.1) is 0 Å². The first-order valence-corrected chi connectivity index (χ1v) is 11.9. The minimum Gasteiger partial charge on any atom is -0.376 e. The molecule has 33 heavy (non-hydrogen) atoms. The Morgan fingerprint density at radius 2 is 1.58 bits per heavy atom. The maximum Gasteiger partial charge on any atom is 0.264 e. The zero-order chi connectivity index (χ0) is 24.0. The highest BCUT2D eigenvalue weighted by Crippen LogP contribution is 2.27. The molecule has 5 atom stereocenters. The van der Waals surface area contributed by atoms with Gasteiger partial charge in [-0.25, -0.2) is 0 Å². The molecule has 3 rings (SSSR count). The molecule has 0 saturated carbocycles. The Kier molecular flexibility index (Phi) is 8.16. The number of carbonyl (C=O) groups excluding carboxylic acids is 2. The van der Waals surface area contributed by atoms with Crippen LogP contribution in [0.1, 0.15) is 20.7 Å². The molecule has 1 aliphatic heterocycles. The second kappa shape index (κ2) is 10.9. The summed E-state index contributed by atoms with van der Waals surface area (Å²) in [7, 11) is -2.63. The van der Waals surface area contributed by atoms with E-state index in [1.807, 2.05) is 0 Å². The molecule has 0 unspecified atom stereocenters. The molecule has 0 aromatic heterocycles. The lowest BCUT2D eigenvalue weighted by Gasteiger charge is -2.27. The van der Waals surface area contributed by atoms with E-state index in [0.717, 1.165) is 6.26 Å². The van der Waals surface area contributed by atoms with Gasteiger partial charge in [-0.3, -0.25) is 13.8 Å². The van der Waals surface area contributed by atoms with Crippen molar-refractivity contribution in [2.75, 3.05) is 19.9 Å². The number of ether oxygens (including phenoxy) is 2. The standard InChI is InChI=1S/C22H26N2O8S/c1-30-19-17(24-21(26)15-11-7-4-8-12-15)22(27)31-18(19)16(32-33(2,28)29)13-23-20(25)14-9-5-3-6-10-14/h3-12,16-19,22,27H,13H2,1-2H3,(H,23,25)(H,24,26)/t16-,17+,18+,19+,22+/m0/s1. The first kappa shape index (κ1) is 24.8. The van der Waals surface area contributed by atoms with Gasteiger partial charge in [-0.2, -0.15) is 8.42 Å². The summed E-state index contributed by atoms with van der Waals surface area (Å²) < 4.78 is 39.9. The van der Waals surface area contributed by atoms with Crippen LogP contribution in [0.5, 0.6) is 0 Å². The number of carbonyl (C=O) groups is 2. The lowest BCUT2D eigenvalue weighted by molar-refractivity contribution is -0.127. The second-order valence-corrected chi connectivity index (χ2v) is 9.07. The maximum absolute atomic E-state index is 12.6. The zero-order valence-corrected chi connectivity index (χ0v) is 18.9. The van der Waals surface area contributed by atoms with Crippen LogP contribution in [0.15, 0.2) is 60.7 Å². The minimum absolute atomic E-state index is 0.253. The predicted octanol–water partition coefficient (Wildman–Crippen LogP) is 0.292. The van der Waals surface area contributed by atoms with Crippen LogP contribution in [0.2, 0.25) is 0 Å². The van der Waals surface area contributed by atoms with E-state index in [2.05, 4.69) is 10.6 Å². The topological polar surface area (TPSA) is 140 Å². The molecular weight excluding hydrogens is 452 g/mol. The number of methoxy groups -OCH3 is 1. The van der Waals surface area contributed by atoms with Crippen LogP contribution in [0, 0.1) is 0 Å². The fraction of sp³-hybridized carbons (Fsp3) is 0.364. The molecular formula is C22H26N2O8S. The Morgan fingerprint density at radius 1 is 1.03 bits per heavy atom. The van der Waals surface area contributed by atoms with Crippen LogP contribution in [0.4, 0.5) is 0 Å². The monoisotopic (exact) mass is 478 g/mol. The lowest BCUT2D eigenvalue weighted by atomic mass is 10.0. The van der Waals surface area contributed by atoms with E-state index >= 15 is 0 Å². The molecule has 178 valence electrons. The molecule has 2 amide bonds. The van der Waals surface area contributed by atoms with Crippen molar-refractivity contribution in [2.24, 2.45) is 0 Å². The molecule has 1 heterocycles. The van der Waals surface area contributed by atoms with Gasteiger partial charge >= 0.3 is 0 Å². The van der Waals surface area contributed by atoms with E-state index in [1.165, 1.54) is 7.11 Å². The fourth-order valence-electron chi connectivity index (χ4n) is 3.56. The molecule has 10 nitrogen and oxygen atoms in total. The molecule has 11 heteroatoms. The van der Waals surface area contributed by atoms with Gasteiger partial charge < -0.3 is 25.2 Å². The van der Waals surface area contributed by atoms with Gasteiger partial charge in [0.05, 0.1) is 6.26 Å². The normalized spacial score (nSPS) is 23.6. The van der Waals surface area contributed by atoms with E-state index in [1.54, 1.807) is 60.7 Å². The van der Waals surface area contributed by atoms with E-state index in [4.69, 9.17) is 13.7 Å². The molecule has 2 aromatic rings. The average Bonchev–Trinajstić information content (AvgIpc) is 3.11. The van der Waals surface area contributed by atoms with Crippen molar-refractivity contribution in [3.05, 3.63) is 71.8 Å². The number of benzene rings is 2. The summed E-state index contributed by atoms with van der Waals surface area (Å²) in [5, 5.41) is 15.7. The average molecular weight is 479 g/mol. The predicted molar refractivity (Wildman–Crippen MR) is 118 cm³/mol. The number of amides is 2. The number of hydrogen-bond acceptors (Lipinski definition) is 8. The zero-order valence-electron chi connectivity index (χ0n) is 18.1. The van der Waals surface area contributed by atoms with Crippen molar-refractivity contribution in [1.82, 2.24) is 10.6 Å². The second-order valence-electron chi connectivity index (χ2n) is 7.47. The highest BCUT2D eigenvalue weighted by atomic mass is 32.2. The number of aliphatic hydroxyl groups excluding tert-OH is 1. The summed E-state index contributed by atoms with van der Waals surface area (Å²) in [5.41, 5.74) is 0.737. The smallest absolute Gasteiger partial charge is 0.264 e. The molecule has 1 aliphatic rings. The third-order valence-electron chi connectivity index (χ3n) is 5.05. The number of aliphatic hydroxyl groups is 1. The third kappa shape index (κ3) is 6.59. The summed E-state index contributed by atoms with van der Waals surface area (Å²) in [6, 6.07) is 15.7. The summed E-state index contributed by atoms with van der Waals surface area (Å²) >= 11 is 0. The first-order valence-electron chi connectivity index (χ1n) is 10.1. The van der Waals surface area contributed by atoms with Gasteiger partial charge in [0.15, 0.2) is 6.29 Å². The van der Waals surface area contributed by atoms with Gasteiger partial charge in [0.1, 0.15) is 24.4 Å². The van der Waals surface area contributed by atoms with E-state index in [-0.39, 0.29) is 6.54 Å². The lowest BCUT2D eigenvalue weighted by Crippen LogP contribution is -2.52. The van der Waals surface area contributed by atoms with Crippen LogP contribution >= 0.6 is 0 Å². The highest BCUT2D eigenvalue weighted by molar-refractivity contribution is 7.86. The molecule has 1 saturated heterocycles. The van der Waals surface area contributed by atoms with Gasteiger partial charge in [-0.1, -0.05) is 36.4 Å². The quantitative estimate of drug-likeness (QED) is 0.437. The number of rotatable bonds is 9. The van der Waals surface area contributed by atoms with Crippen molar-refractivity contribution in [2.45, 2.75) is 30.6 Å². The maximum atomic E-state index is 12.6. The van der Waals surface area contributed by atoms with E-state index in [0.29, 0.717) is 11.1 Å². The van der Waals surface area contributed by atoms with Crippen LogP contribution in [-0.4, -0.2) is 75.9 Å². The summed E-state index contributed by atoms with van der Waals surface area (Å²) in [4.78, 5) is 25.0. The molecule has 0 spiro atoms. The molecule has 3 N–H and O–H groups in total. The van der Waals surface area contributed by atoms with Crippen molar-refractivity contribution >= 4 is 21.9 Å². The van der Waals surface area contributed by atoms with Crippen LogP contribution in [0.25, 0.3) is 0 Å². The van der Waals surface area contributed by atoms with Crippen molar-refractivity contribution < 1.29 is 36.8 Å². The van der Waals surface area contributed by atoms with Gasteiger partial charge in [0.25, 0.3) is 21.9 Å². The van der Waals surface area contributed by atoms with Crippen LogP contribution in [-0.2, 0) is 23.8 Å². The first-order chi connectivity index (χ1) is 15.7. The van der Waals surface area contributed by atoms with E-state index in [9.17, 15) is 23.1 Å².